The monoisotopic (exact) mass is 361 g/mol. The number of carbonyl (C=O) groups is 2. The lowest BCUT2D eigenvalue weighted by atomic mass is 10.2. The number of rotatable bonds is 4. The molecule has 1 aliphatic heterocycles. The number of methoxy groups -OCH3 is 1. The number of aromatic nitrogens is 2. The molecule has 0 radical (unpaired) electrons. The Hall–Kier alpha value is -2.33. The summed E-state index contributed by atoms with van der Waals surface area (Å²) in [5.74, 6) is -0.670. The van der Waals surface area contributed by atoms with Gasteiger partial charge in [0.05, 0.1) is 18.2 Å². The smallest absolute Gasteiger partial charge is 0.458 e. The first-order chi connectivity index (χ1) is 11.3. The topological polar surface area (TPSA) is 132 Å². The van der Waals surface area contributed by atoms with Crippen molar-refractivity contribution in [2.75, 3.05) is 19.5 Å². The van der Waals surface area contributed by atoms with Gasteiger partial charge in [0.15, 0.2) is 6.23 Å². The van der Waals surface area contributed by atoms with Gasteiger partial charge in [-0.2, -0.15) is 4.98 Å². The highest BCUT2D eigenvalue weighted by molar-refractivity contribution is 6.32. The molecular weight excluding hydrogens is 346 g/mol. The van der Waals surface area contributed by atoms with E-state index in [4.69, 9.17) is 31.5 Å². The predicted octanol–water partition coefficient (Wildman–Crippen LogP) is 0.481. The maximum Gasteiger partial charge on any atom is 0.508 e. The molecule has 24 heavy (non-hydrogen) atoms. The molecule has 1 fully saturated rings. The first-order valence-corrected chi connectivity index (χ1v) is 7.27. The van der Waals surface area contributed by atoms with E-state index in [1.54, 1.807) is 0 Å². The Bertz CT molecular complexity index is 693. The predicted molar refractivity (Wildman–Crippen MR) is 80.4 cm³/mol. The molecule has 1 aliphatic rings. The number of anilines is 1. The molecule has 0 spiro atoms. The van der Waals surface area contributed by atoms with Crippen LogP contribution in [-0.2, 0) is 23.7 Å². The molecule has 0 aliphatic carbocycles. The third kappa shape index (κ3) is 4.15. The van der Waals surface area contributed by atoms with Crippen LogP contribution in [0.3, 0.4) is 0 Å². The fourth-order valence-corrected chi connectivity index (χ4v) is 2.39. The van der Waals surface area contributed by atoms with E-state index < -0.39 is 36.3 Å². The van der Waals surface area contributed by atoms with Gasteiger partial charge in [-0.15, -0.1) is 0 Å². The number of esters is 1. The van der Waals surface area contributed by atoms with Crippen LogP contribution < -0.4 is 11.4 Å². The highest BCUT2D eigenvalue weighted by Gasteiger charge is 2.40. The van der Waals surface area contributed by atoms with Gasteiger partial charge >= 0.3 is 17.8 Å². The highest BCUT2D eigenvalue weighted by Crippen LogP contribution is 2.31. The third-order valence-corrected chi connectivity index (χ3v) is 3.52. The van der Waals surface area contributed by atoms with E-state index in [1.165, 1.54) is 20.2 Å². The average molecular weight is 362 g/mol. The Labute approximate surface area is 141 Å². The van der Waals surface area contributed by atoms with Gasteiger partial charge in [-0.05, 0) is 0 Å². The summed E-state index contributed by atoms with van der Waals surface area (Å²) in [6.07, 6.45) is -1.79. The summed E-state index contributed by atoms with van der Waals surface area (Å²) in [5.41, 5.74) is 4.76. The molecule has 10 nitrogen and oxygen atoms in total. The summed E-state index contributed by atoms with van der Waals surface area (Å²) >= 11 is 5.88. The van der Waals surface area contributed by atoms with Gasteiger partial charge in [0.2, 0.25) is 0 Å². The Balaban J connectivity index is 2.22. The normalized spacial score (nSPS) is 22.9. The van der Waals surface area contributed by atoms with Crippen molar-refractivity contribution in [2.45, 2.75) is 31.8 Å². The van der Waals surface area contributed by atoms with Crippen LogP contribution in [0.4, 0.5) is 10.6 Å². The lowest BCUT2D eigenvalue weighted by Crippen LogP contribution is -2.34. The van der Waals surface area contributed by atoms with E-state index in [-0.39, 0.29) is 23.9 Å². The number of nitrogen functional groups attached to an aromatic ring is 1. The number of halogens is 1. The van der Waals surface area contributed by atoms with Crippen molar-refractivity contribution >= 4 is 29.5 Å². The fourth-order valence-electron chi connectivity index (χ4n) is 2.25. The second-order valence-corrected chi connectivity index (χ2v) is 5.37. The van der Waals surface area contributed by atoms with Gasteiger partial charge in [0.1, 0.15) is 18.5 Å². The van der Waals surface area contributed by atoms with Crippen molar-refractivity contribution in [3.05, 3.63) is 21.7 Å². The first kappa shape index (κ1) is 18.0. The zero-order valence-electron chi connectivity index (χ0n) is 12.9. The minimum absolute atomic E-state index is 0.0500. The Morgan fingerprint density at radius 1 is 1.54 bits per heavy atom. The molecule has 1 saturated heterocycles. The Morgan fingerprint density at radius 3 is 2.88 bits per heavy atom. The van der Waals surface area contributed by atoms with Crippen molar-refractivity contribution in [2.24, 2.45) is 0 Å². The van der Waals surface area contributed by atoms with Crippen LogP contribution in [0.15, 0.2) is 11.0 Å². The van der Waals surface area contributed by atoms with E-state index >= 15 is 0 Å². The van der Waals surface area contributed by atoms with Crippen molar-refractivity contribution in [3.8, 4) is 0 Å². The third-order valence-electron chi connectivity index (χ3n) is 3.22. The lowest BCUT2D eigenvalue weighted by Gasteiger charge is -2.20. The minimum Gasteiger partial charge on any atom is -0.458 e. The molecule has 0 unspecified atom stereocenters. The molecule has 0 bridgehead atoms. The maximum atomic E-state index is 12.0. The standard InChI is InChI=1S/C13H16ClN3O7/c1-6(18)23-9-3-7(5-22-13(20)21-2)24-11(9)17-4-8(14)10(15)16-12(17)19/h4,7,9,11H,3,5H2,1-2H3,(H2,15,16,19)/t7-,9+,11+/m0/s1. The van der Waals surface area contributed by atoms with E-state index in [1.807, 2.05) is 0 Å². The molecule has 3 atom stereocenters. The second-order valence-electron chi connectivity index (χ2n) is 4.96. The largest absolute Gasteiger partial charge is 0.508 e. The van der Waals surface area contributed by atoms with E-state index in [2.05, 4.69) is 9.72 Å². The quantitative estimate of drug-likeness (QED) is 0.760. The molecular formula is C13H16ClN3O7. The van der Waals surface area contributed by atoms with Crippen molar-refractivity contribution in [1.29, 1.82) is 0 Å². The van der Waals surface area contributed by atoms with E-state index in [9.17, 15) is 14.4 Å². The first-order valence-electron chi connectivity index (χ1n) is 6.89. The average Bonchev–Trinajstić information content (AvgIpc) is 2.90. The summed E-state index contributed by atoms with van der Waals surface area (Å²) in [4.78, 5) is 37.9. The van der Waals surface area contributed by atoms with Gasteiger partial charge in [0, 0.05) is 19.5 Å². The summed E-state index contributed by atoms with van der Waals surface area (Å²) < 4.78 is 21.1. The molecule has 11 heteroatoms. The van der Waals surface area contributed by atoms with Crippen LogP contribution in [0.25, 0.3) is 0 Å². The molecule has 0 aromatic carbocycles. The lowest BCUT2D eigenvalue weighted by molar-refractivity contribution is -0.152. The molecule has 2 rings (SSSR count). The number of carbonyl (C=O) groups excluding carboxylic acids is 2. The zero-order valence-corrected chi connectivity index (χ0v) is 13.7. The molecule has 2 N–H and O–H groups in total. The van der Waals surface area contributed by atoms with Gasteiger partial charge < -0.3 is 24.7 Å². The maximum absolute atomic E-state index is 12.0. The van der Waals surface area contributed by atoms with Crippen LogP contribution in [-0.4, -0.2) is 47.6 Å². The van der Waals surface area contributed by atoms with E-state index in [0.717, 1.165) is 4.57 Å². The summed E-state index contributed by atoms with van der Waals surface area (Å²) in [7, 11) is 1.17. The van der Waals surface area contributed by atoms with Crippen LogP contribution in [0.2, 0.25) is 5.02 Å². The molecule has 132 valence electrons. The number of nitrogens with two attached hydrogens (primary N) is 1. The summed E-state index contributed by atoms with van der Waals surface area (Å²) in [6.45, 7) is 1.10. The van der Waals surface area contributed by atoms with Crippen LogP contribution >= 0.6 is 11.6 Å². The molecule has 1 aromatic rings. The molecule has 0 saturated carbocycles. The van der Waals surface area contributed by atoms with Gasteiger partial charge in [-0.25, -0.2) is 9.59 Å². The van der Waals surface area contributed by atoms with E-state index in [0.29, 0.717) is 0 Å². The zero-order chi connectivity index (χ0) is 17.9. The minimum atomic E-state index is -0.974. The number of hydrogen-bond donors (Lipinski definition) is 1. The van der Waals surface area contributed by atoms with Crippen LogP contribution in [0.5, 0.6) is 0 Å². The number of hydrogen-bond acceptors (Lipinski definition) is 9. The van der Waals surface area contributed by atoms with Gasteiger partial charge in [-0.3, -0.25) is 9.36 Å². The summed E-state index contributed by atoms with van der Waals surface area (Å²) in [5, 5.41) is 0.0500. The number of nitrogens with zero attached hydrogens (tertiary/aromatic N) is 2. The van der Waals surface area contributed by atoms with Crippen LogP contribution in [0.1, 0.15) is 19.6 Å². The summed E-state index contributed by atoms with van der Waals surface area (Å²) in [6, 6.07) is 0. The Kier molecular flexibility index (Phi) is 5.62. The SMILES string of the molecule is COC(=O)OC[C@@H]1C[C@@H](OC(C)=O)[C@H](n2cc(Cl)c(N)nc2=O)O1. The van der Waals surface area contributed by atoms with Crippen molar-refractivity contribution in [1.82, 2.24) is 9.55 Å². The molecule has 2 heterocycles. The van der Waals surface area contributed by atoms with Gasteiger partial charge in [-0.1, -0.05) is 11.6 Å². The second kappa shape index (κ2) is 7.49. The number of ether oxygens (including phenoxy) is 4. The highest BCUT2D eigenvalue weighted by atomic mass is 35.5. The van der Waals surface area contributed by atoms with Gasteiger partial charge in [0.25, 0.3) is 0 Å². The van der Waals surface area contributed by atoms with Crippen LogP contribution in [0, 0.1) is 0 Å². The molecule has 0 amide bonds. The fraction of sp³-hybridized carbons (Fsp3) is 0.538. The van der Waals surface area contributed by atoms with Crippen molar-refractivity contribution in [3.63, 3.8) is 0 Å². The Morgan fingerprint density at radius 2 is 2.25 bits per heavy atom. The van der Waals surface area contributed by atoms with Crippen molar-refractivity contribution < 1.29 is 28.5 Å². The molecule has 1 aromatic heterocycles.